The van der Waals surface area contributed by atoms with E-state index in [4.69, 9.17) is 5.11 Å². The van der Waals surface area contributed by atoms with E-state index in [0.717, 1.165) is 0 Å². The number of carboxylic acid groups (broad SMARTS) is 1. The second-order valence-corrected chi connectivity index (χ2v) is 3.55. The zero-order valence-corrected chi connectivity index (χ0v) is 9.59. The topological polar surface area (TPSA) is 66.4 Å². The highest BCUT2D eigenvalue weighted by atomic mass is 16.4. The Balaban J connectivity index is 2.69. The normalized spacial score (nSPS) is 12.3. The number of rotatable bonds is 5. The van der Waals surface area contributed by atoms with Crippen molar-refractivity contribution in [1.82, 2.24) is 5.32 Å². The maximum absolute atomic E-state index is 11.2. The molecule has 0 aliphatic carbocycles. The van der Waals surface area contributed by atoms with E-state index in [9.17, 15) is 9.59 Å². The third-order valence-electron chi connectivity index (χ3n) is 2.30. The molecule has 1 rings (SSSR count). The third kappa shape index (κ3) is 4.10. The molecule has 1 atom stereocenters. The molecule has 0 aromatic heterocycles. The summed E-state index contributed by atoms with van der Waals surface area (Å²) in [6, 6.07) is 8.85. The minimum atomic E-state index is -0.947. The van der Waals surface area contributed by atoms with Gasteiger partial charge in [-0.1, -0.05) is 36.4 Å². The summed E-state index contributed by atoms with van der Waals surface area (Å²) in [5, 5.41) is 11.7. The van der Waals surface area contributed by atoms with Crippen LogP contribution in [-0.2, 0) is 9.59 Å². The SMILES string of the molecule is C/C=C/C(=O)NCC(C(=O)O)c1ccccc1. The van der Waals surface area contributed by atoms with Crippen molar-refractivity contribution >= 4 is 11.9 Å². The molecule has 2 N–H and O–H groups in total. The Labute approximate surface area is 100.0 Å². The molecule has 4 heteroatoms. The lowest BCUT2D eigenvalue weighted by molar-refractivity contribution is -0.138. The van der Waals surface area contributed by atoms with Gasteiger partial charge in [0.1, 0.15) is 0 Å². The number of allylic oxidation sites excluding steroid dienone is 1. The molecule has 1 amide bonds. The Morgan fingerprint density at radius 3 is 2.53 bits per heavy atom. The van der Waals surface area contributed by atoms with E-state index < -0.39 is 11.9 Å². The van der Waals surface area contributed by atoms with Crippen LogP contribution in [0.3, 0.4) is 0 Å². The smallest absolute Gasteiger partial charge is 0.312 e. The molecular weight excluding hydrogens is 218 g/mol. The first kappa shape index (κ1) is 13.0. The number of carbonyl (C=O) groups excluding carboxylic acids is 1. The van der Waals surface area contributed by atoms with Gasteiger partial charge in [-0.15, -0.1) is 0 Å². The van der Waals surface area contributed by atoms with Crippen LogP contribution in [0.25, 0.3) is 0 Å². The molecular formula is C13H15NO3. The van der Waals surface area contributed by atoms with E-state index in [0.29, 0.717) is 5.56 Å². The van der Waals surface area contributed by atoms with Crippen LogP contribution in [0.15, 0.2) is 42.5 Å². The summed E-state index contributed by atoms with van der Waals surface area (Å²) in [5.74, 6) is -1.95. The Hall–Kier alpha value is -2.10. The molecule has 0 fully saturated rings. The minimum absolute atomic E-state index is 0.0858. The van der Waals surface area contributed by atoms with Crippen LogP contribution in [0.4, 0.5) is 0 Å². The minimum Gasteiger partial charge on any atom is -0.481 e. The molecule has 1 aromatic carbocycles. The summed E-state index contributed by atoms with van der Waals surface area (Å²) >= 11 is 0. The van der Waals surface area contributed by atoms with E-state index in [1.165, 1.54) is 6.08 Å². The Morgan fingerprint density at radius 2 is 2.00 bits per heavy atom. The lowest BCUT2D eigenvalue weighted by Crippen LogP contribution is -2.30. The maximum Gasteiger partial charge on any atom is 0.312 e. The first-order valence-electron chi connectivity index (χ1n) is 5.33. The van der Waals surface area contributed by atoms with E-state index in [1.807, 2.05) is 6.07 Å². The van der Waals surface area contributed by atoms with Crippen LogP contribution in [0.1, 0.15) is 18.4 Å². The van der Waals surface area contributed by atoms with Crippen molar-refractivity contribution in [3.63, 3.8) is 0 Å². The molecule has 17 heavy (non-hydrogen) atoms. The molecule has 90 valence electrons. The molecule has 4 nitrogen and oxygen atoms in total. The van der Waals surface area contributed by atoms with Crippen molar-refractivity contribution in [2.24, 2.45) is 0 Å². The molecule has 0 radical (unpaired) electrons. The molecule has 0 heterocycles. The van der Waals surface area contributed by atoms with Crippen molar-refractivity contribution < 1.29 is 14.7 Å². The van der Waals surface area contributed by atoms with Gasteiger partial charge in [0.05, 0.1) is 5.92 Å². The fourth-order valence-electron chi connectivity index (χ4n) is 1.45. The average Bonchev–Trinajstić information content (AvgIpc) is 2.30. The Kier molecular flexibility index (Phi) is 4.94. The van der Waals surface area contributed by atoms with Crippen LogP contribution in [0.2, 0.25) is 0 Å². The van der Waals surface area contributed by atoms with Crippen molar-refractivity contribution in [3.05, 3.63) is 48.0 Å². The summed E-state index contributed by atoms with van der Waals surface area (Å²) in [6.45, 7) is 1.81. The Morgan fingerprint density at radius 1 is 1.35 bits per heavy atom. The van der Waals surface area contributed by atoms with Gasteiger partial charge >= 0.3 is 5.97 Å². The number of carbonyl (C=O) groups is 2. The van der Waals surface area contributed by atoms with Gasteiger partial charge in [-0.05, 0) is 18.6 Å². The molecule has 0 aliphatic heterocycles. The Bertz CT molecular complexity index is 412. The molecule has 0 bridgehead atoms. The van der Waals surface area contributed by atoms with Crippen LogP contribution in [0, 0.1) is 0 Å². The number of nitrogens with one attached hydrogen (secondary N) is 1. The standard InChI is InChI=1S/C13H15NO3/c1-2-6-12(15)14-9-11(13(16)17)10-7-4-3-5-8-10/h2-8,11H,9H2,1H3,(H,14,15)(H,16,17)/b6-2+. The van der Waals surface area contributed by atoms with Crippen molar-refractivity contribution in [3.8, 4) is 0 Å². The van der Waals surface area contributed by atoms with Gasteiger partial charge in [0.15, 0.2) is 0 Å². The van der Waals surface area contributed by atoms with Gasteiger partial charge in [-0.3, -0.25) is 9.59 Å². The number of amides is 1. The largest absolute Gasteiger partial charge is 0.481 e. The number of hydrogen-bond acceptors (Lipinski definition) is 2. The number of carboxylic acids is 1. The molecule has 0 saturated carbocycles. The zero-order valence-electron chi connectivity index (χ0n) is 9.59. The average molecular weight is 233 g/mol. The van der Waals surface area contributed by atoms with Crippen LogP contribution >= 0.6 is 0 Å². The molecule has 0 spiro atoms. The monoisotopic (exact) mass is 233 g/mol. The third-order valence-corrected chi connectivity index (χ3v) is 2.30. The van der Waals surface area contributed by atoms with Gasteiger partial charge in [0.2, 0.25) is 5.91 Å². The zero-order chi connectivity index (χ0) is 12.7. The van der Waals surface area contributed by atoms with E-state index in [-0.39, 0.29) is 12.5 Å². The van der Waals surface area contributed by atoms with Crippen molar-refractivity contribution in [1.29, 1.82) is 0 Å². The number of aliphatic carboxylic acids is 1. The first-order valence-corrected chi connectivity index (χ1v) is 5.33. The predicted molar refractivity (Wildman–Crippen MR) is 64.6 cm³/mol. The summed E-state index contributed by atoms with van der Waals surface area (Å²) in [5.41, 5.74) is 0.681. The second kappa shape index (κ2) is 6.48. The predicted octanol–water partition coefficient (Wildman–Crippen LogP) is 1.55. The number of benzene rings is 1. The van der Waals surface area contributed by atoms with Crippen LogP contribution in [0.5, 0.6) is 0 Å². The quantitative estimate of drug-likeness (QED) is 0.758. The lowest BCUT2D eigenvalue weighted by Gasteiger charge is -2.12. The van der Waals surface area contributed by atoms with Gasteiger partial charge in [0.25, 0.3) is 0 Å². The van der Waals surface area contributed by atoms with E-state index in [1.54, 1.807) is 37.3 Å². The van der Waals surface area contributed by atoms with Crippen molar-refractivity contribution in [2.75, 3.05) is 6.54 Å². The molecule has 1 aromatic rings. The van der Waals surface area contributed by atoms with Gasteiger partial charge < -0.3 is 10.4 Å². The maximum atomic E-state index is 11.2. The van der Waals surface area contributed by atoms with Crippen LogP contribution in [-0.4, -0.2) is 23.5 Å². The summed E-state index contributed by atoms with van der Waals surface area (Å²) in [4.78, 5) is 22.3. The van der Waals surface area contributed by atoms with Gasteiger partial charge in [-0.2, -0.15) is 0 Å². The molecule has 0 aliphatic rings. The molecule has 1 unspecified atom stereocenters. The lowest BCUT2D eigenvalue weighted by atomic mass is 9.99. The van der Waals surface area contributed by atoms with Crippen LogP contribution < -0.4 is 5.32 Å². The van der Waals surface area contributed by atoms with Crippen molar-refractivity contribution in [2.45, 2.75) is 12.8 Å². The fourth-order valence-corrected chi connectivity index (χ4v) is 1.45. The highest BCUT2D eigenvalue weighted by molar-refractivity contribution is 5.88. The fraction of sp³-hybridized carbons (Fsp3) is 0.231. The second-order valence-electron chi connectivity index (χ2n) is 3.55. The molecule has 0 saturated heterocycles. The van der Waals surface area contributed by atoms with E-state index >= 15 is 0 Å². The summed E-state index contributed by atoms with van der Waals surface area (Å²) < 4.78 is 0. The highest BCUT2D eigenvalue weighted by Crippen LogP contribution is 2.14. The summed E-state index contributed by atoms with van der Waals surface area (Å²) in [7, 11) is 0. The highest BCUT2D eigenvalue weighted by Gasteiger charge is 2.19. The van der Waals surface area contributed by atoms with Gasteiger partial charge in [-0.25, -0.2) is 0 Å². The first-order chi connectivity index (χ1) is 8.15. The number of hydrogen-bond donors (Lipinski definition) is 2. The summed E-state index contributed by atoms with van der Waals surface area (Å²) in [6.07, 6.45) is 2.97. The van der Waals surface area contributed by atoms with E-state index in [2.05, 4.69) is 5.32 Å². The van der Waals surface area contributed by atoms with Gasteiger partial charge in [0, 0.05) is 6.54 Å².